The monoisotopic (exact) mass is 861 g/mol. The Labute approximate surface area is 369 Å². The lowest BCUT2D eigenvalue weighted by atomic mass is 9.33. The molecule has 7 rings (SSSR count). The maximum absolute atomic E-state index is 14.4. The van der Waals surface area contributed by atoms with Gasteiger partial charge in [0.2, 0.25) is 0 Å². The minimum Gasteiger partial charge on any atom is -0.481 e. The van der Waals surface area contributed by atoms with Crippen LogP contribution in [0.1, 0.15) is 138 Å². The van der Waals surface area contributed by atoms with E-state index in [0.717, 1.165) is 68.1 Å². The fourth-order valence-electron chi connectivity index (χ4n) is 14.2. The third-order valence-corrected chi connectivity index (χ3v) is 18.1. The van der Waals surface area contributed by atoms with Crippen LogP contribution in [-0.2, 0) is 32.2 Å². The number of aliphatic carboxylic acids is 1. The number of fused-ring (bicyclic) bond motifs is 7. The Hall–Kier alpha value is -2.71. The van der Waals surface area contributed by atoms with Gasteiger partial charge in [-0.25, -0.2) is 0 Å². The number of Topliss-reactive ketones (excluding diaryl/α,β-unsaturated/α-hetero) is 1. The highest BCUT2D eigenvalue weighted by Crippen LogP contribution is 2.77. The van der Waals surface area contributed by atoms with Gasteiger partial charge in [-0.3, -0.25) is 19.3 Å². The third-order valence-electron chi connectivity index (χ3n) is 17.6. The average molecular weight is 863 g/mol. The van der Waals surface area contributed by atoms with Gasteiger partial charge >= 0.3 is 11.9 Å². The van der Waals surface area contributed by atoms with Crippen molar-refractivity contribution >= 4 is 40.9 Å². The minimum atomic E-state index is -1.18. The van der Waals surface area contributed by atoms with Crippen LogP contribution in [0.3, 0.4) is 0 Å². The second-order valence-electron chi connectivity index (χ2n) is 22.0. The maximum atomic E-state index is 14.4. The standard InChI is InChI=1S/C51H69Cl2NO6/c1-31(2)43-37(55)26-51(40(56)30-54(28-32-10-14-34(52)15-11-32)29-33-12-16-35(53)17-13-33)25-24-49(8)36(44(43)51)18-19-39-48(7)22-21-41(60-42(57)27-46(3,4)45(58)59)47(5,6)38(48)20-23-50(39,49)9/h10-17,31,36,38-41,56H,18-30H2,1-9H3,(H,58,59)/t36-,38-,39-,40?,41+,48+,49-,50-,51?/m1/s1. The van der Waals surface area contributed by atoms with Gasteiger partial charge in [0.1, 0.15) is 6.10 Å². The van der Waals surface area contributed by atoms with E-state index in [1.807, 2.05) is 48.5 Å². The fraction of sp³-hybridized carbons (Fsp3) is 0.667. The first kappa shape index (κ1) is 45.3. The molecule has 0 bridgehead atoms. The van der Waals surface area contributed by atoms with Gasteiger partial charge in [-0.2, -0.15) is 0 Å². The maximum Gasteiger partial charge on any atom is 0.309 e. The summed E-state index contributed by atoms with van der Waals surface area (Å²) in [7, 11) is 0. The number of halogens is 2. The normalized spacial score (nSPS) is 34.1. The number of aliphatic hydroxyl groups excluding tert-OH is 1. The molecule has 0 aromatic heterocycles. The number of hydrogen-bond donors (Lipinski definition) is 2. The molecule has 0 heterocycles. The summed E-state index contributed by atoms with van der Waals surface area (Å²) >= 11 is 12.6. The molecule has 5 aliphatic carbocycles. The largest absolute Gasteiger partial charge is 0.481 e. The zero-order valence-electron chi connectivity index (χ0n) is 37.5. The van der Waals surface area contributed by atoms with Crippen molar-refractivity contribution in [2.75, 3.05) is 6.54 Å². The summed E-state index contributed by atoms with van der Waals surface area (Å²) in [5.74, 6) is -0.129. The van der Waals surface area contributed by atoms with E-state index in [-0.39, 0.29) is 51.8 Å². The summed E-state index contributed by atoms with van der Waals surface area (Å²) in [6.07, 6.45) is 6.85. The van der Waals surface area contributed by atoms with Gasteiger partial charge in [-0.1, -0.05) is 102 Å². The van der Waals surface area contributed by atoms with E-state index < -0.39 is 28.9 Å². The summed E-state index contributed by atoms with van der Waals surface area (Å²) in [6.45, 7) is 21.4. The van der Waals surface area contributed by atoms with Gasteiger partial charge in [0.15, 0.2) is 5.78 Å². The van der Waals surface area contributed by atoms with E-state index in [9.17, 15) is 24.6 Å². The number of aliphatic hydroxyl groups is 1. The molecule has 0 amide bonds. The molecule has 60 heavy (non-hydrogen) atoms. The van der Waals surface area contributed by atoms with E-state index in [0.29, 0.717) is 47.9 Å². The van der Waals surface area contributed by atoms with Crippen molar-refractivity contribution in [2.45, 2.75) is 152 Å². The molecular formula is C51H69Cl2NO6. The second kappa shape index (κ2) is 16.1. The van der Waals surface area contributed by atoms with Crippen LogP contribution in [0, 0.1) is 56.2 Å². The van der Waals surface area contributed by atoms with Crippen molar-refractivity contribution < 1.29 is 29.3 Å². The molecule has 4 saturated carbocycles. The molecule has 2 aromatic carbocycles. The van der Waals surface area contributed by atoms with Crippen molar-refractivity contribution in [2.24, 2.45) is 56.2 Å². The molecule has 328 valence electrons. The molecule has 0 spiro atoms. The Kier molecular flexibility index (Phi) is 12.2. The molecule has 0 radical (unpaired) electrons. The van der Waals surface area contributed by atoms with Crippen molar-refractivity contribution in [3.63, 3.8) is 0 Å². The van der Waals surface area contributed by atoms with E-state index in [2.05, 4.69) is 53.4 Å². The topological polar surface area (TPSA) is 104 Å². The summed E-state index contributed by atoms with van der Waals surface area (Å²) < 4.78 is 6.20. The van der Waals surface area contributed by atoms with E-state index in [1.165, 1.54) is 5.57 Å². The molecule has 2 unspecified atom stereocenters. The van der Waals surface area contributed by atoms with E-state index in [1.54, 1.807) is 13.8 Å². The molecular weight excluding hydrogens is 793 g/mol. The summed E-state index contributed by atoms with van der Waals surface area (Å²) in [5, 5.41) is 23.9. The molecule has 9 heteroatoms. The SMILES string of the molecule is CC(C)C1=C2[C@H]3CC[C@@H]4[C@@]5(C)CC[C@H](OC(=O)CC(C)(C)C(=O)O)C(C)(C)[C@H]5CC[C@@]4(C)[C@]3(C)CCC2(C(O)CN(Cc2ccc(Cl)cc2)Cc2ccc(Cl)cc2)CC1=O. The summed E-state index contributed by atoms with van der Waals surface area (Å²) in [6, 6.07) is 15.9. The number of carbonyl (C=O) groups is 3. The Bertz CT molecular complexity index is 1960. The van der Waals surface area contributed by atoms with E-state index in [4.69, 9.17) is 27.9 Å². The fourth-order valence-corrected chi connectivity index (χ4v) is 14.5. The van der Waals surface area contributed by atoms with Gasteiger partial charge in [-0.15, -0.1) is 0 Å². The van der Waals surface area contributed by atoms with Crippen LogP contribution in [0.5, 0.6) is 0 Å². The molecule has 0 aliphatic heterocycles. The quantitative estimate of drug-likeness (QED) is 0.205. The minimum absolute atomic E-state index is 0.0132. The number of benzene rings is 2. The lowest BCUT2D eigenvalue weighted by Crippen LogP contribution is -2.66. The Morgan fingerprint density at radius 1 is 0.817 bits per heavy atom. The highest BCUT2D eigenvalue weighted by atomic mass is 35.5. The van der Waals surface area contributed by atoms with Gasteiger partial charge in [0.05, 0.1) is 17.9 Å². The van der Waals surface area contributed by atoms with Crippen LogP contribution in [0.4, 0.5) is 0 Å². The van der Waals surface area contributed by atoms with Crippen LogP contribution in [-0.4, -0.2) is 51.6 Å². The number of allylic oxidation sites excluding steroid dienone is 1. The predicted molar refractivity (Wildman–Crippen MR) is 238 cm³/mol. The zero-order valence-corrected chi connectivity index (χ0v) is 39.0. The molecule has 0 saturated heterocycles. The lowest BCUT2D eigenvalue weighted by Gasteiger charge is -2.72. The number of hydrogen-bond acceptors (Lipinski definition) is 6. The third kappa shape index (κ3) is 7.61. The van der Waals surface area contributed by atoms with Crippen molar-refractivity contribution in [1.82, 2.24) is 4.90 Å². The lowest BCUT2D eigenvalue weighted by molar-refractivity contribution is -0.235. The number of carboxylic acid groups (broad SMARTS) is 1. The first-order chi connectivity index (χ1) is 28.0. The zero-order chi connectivity index (χ0) is 43.8. The highest BCUT2D eigenvalue weighted by Gasteiger charge is 2.71. The molecule has 5 aliphatic rings. The smallest absolute Gasteiger partial charge is 0.309 e. The molecule has 7 nitrogen and oxygen atoms in total. The van der Waals surface area contributed by atoms with Gasteiger partial charge in [-0.05, 0) is 146 Å². The summed E-state index contributed by atoms with van der Waals surface area (Å²) in [5.41, 5.74) is 2.41. The van der Waals surface area contributed by atoms with E-state index >= 15 is 0 Å². The molecule has 2 aromatic rings. The first-order valence-electron chi connectivity index (χ1n) is 22.6. The van der Waals surface area contributed by atoms with Crippen molar-refractivity contribution in [3.8, 4) is 0 Å². The second-order valence-corrected chi connectivity index (χ2v) is 22.9. The number of ether oxygens (including phenoxy) is 1. The highest BCUT2D eigenvalue weighted by molar-refractivity contribution is 6.30. The number of carboxylic acids is 1. The van der Waals surface area contributed by atoms with Crippen molar-refractivity contribution in [3.05, 3.63) is 80.8 Å². The van der Waals surface area contributed by atoms with Crippen LogP contribution in [0.25, 0.3) is 0 Å². The number of carbonyl (C=O) groups excluding carboxylic acids is 2. The van der Waals surface area contributed by atoms with Crippen molar-refractivity contribution in [1.29, 1.82) is 0 Å². The van der Waals surface area contributed by atoms with Gasteiger partial charge in [0.25, 0.3) is 0 Å². The van der Waals surface area contributed by atoms with Crippen LogP contribution in [0.15, 0.2) is 59.7 Å². The predicted octanol–water partition coefficient (Wildman–Crippen LogP) is 11.7. The Morgan fingerprint density at radius 3 is 1.95 bits per heavy atom. The Balaban J connectivity index is 1.17. The Morgan fingerprint density at radius 2 is 1.40 bits per heavy atom. The number of ketones is 1. The van der Waals surface area contributed by atoms with Crippen LogP contribution < -0.4 is 0 Å². The summed E-state index contributed by atoms with van der Waals surface area (Å²) in [4.78, 5) is 41.7. The first-order valence-corrected chi connectivity index (χ1v) is 23.3. The molecule has 2 N–H and O–H groups in total. The molecule has 9 atom stereocenters. The average Bonchev–Trinajstić information content (AvgIpc) is 3.48. The van der Waals surface area contributed by atoms with Crippen LogP contribution >= 0.6 is 23.2 Å². The number of esters is 1. The number of nitrogens with zero attached hydrogens (tertiary/aromatic N) is 1. The van der Waals surface area contributed by atoms with Gasteiger partial charge < -0.3 is 14.9 Å². The van der Waals surface area contributed by atoms with Gasteiger partial charge in [0, 0.05) is 46.9 Å². The molecule has 4 fully saturated rings. The van der Waals surface area contributed by atoms with Crippen LogP contribution in [0.2, 0.25) is 10.0 Å². The number of rotatable bonds is 12.